The van der Waals surface area contributed by atoms with E-state index in [1.54, 1.807) is 6.07 Å². The van der Waals surface area contributed by atoms with Gasteiger partial charge in [0.05, 0.1) is 11.2 Å². The minimum atomic E-state index is -0.135. The fraction of sp³-hybridized carbons (Fsp3) is 0.611. The molecular weight excluding hydrogens is 310 g/mol. The van der Waals surface area contributed by atoms with Crippen LogP contribution in [0.2, 0.25) is 0 Å². The van der Waals surface area contributed by atoms with Crippen molar-refractivity contribution in [3.63, 3.8) is 0 Å². The van der Waals surface area contributed by atoms with Gasteiger partial charge in [-0.15, -0.1) is 0 Å². The Morgan fingerprint density at radius 2 is 1.92 bits per heavy atom. The van der Waals surface area contributed by atoms with Crippen molar-refractivity contribution >= 4 is 5.91 Å². The highest BCUT2D eigenvalue weighted by atomic mass is 16.6. The summed E-state index contributed by atoms with van der Waals surface area (Å²) in [6.07, 6.45) is 3.48. The molecule has 6 heteroatoms. The number of rotatable bonds is 2. The number of nitrogens with one attached hydrogen (secondary N) is 1. The Hall–Kier alpha value is -1.79. The number of carbonyl (C=O) groups excluding carboxylic acids is 1. The Bertz CT molecular complexity index is 606. The van der Waals surface area contributed by atoms with Gasteiger partial charge < -0.3 is 24.3 Å². The highest BCUT2D eigenvalue weighted by molar-refractivity contribution is 5.98. The van der Waals surface area contributed by atoms with Gasteiger partial charge in [0, 0.05) is 25.9 Å². The molecule has 1 amide bonds. The van der Waals surface area contributed by atoms with Gasteiger partial charge in [-0.25, -0.2) is 0 Å². The second-order valence-corrected chi connectivity index (χ2v) is 6.64. The van der Waals surface area contributed by atoms with Crippen LogP contribution in [0.4, 0.5) is 0 Å². The molecule has 3 aliphatic heterocycles. The van der Waals surface area contributed by atoms with Crippen LogP contribution < -0.4 is 14.8 Å². The first-order valence-corrected chi connectivity index (χ1v) is 8.67. The van der Waals surface area contributed by atoms with Gasteiger partial charge in [0.15, 0.2) is 11.5 Å². The van der Waals surface area contributed by atoms with E-state index >= 15 is 0 Å². The molecule has 6 nitrogen and oxygen atoms in total. The lowest BCUT2D eigenvalue weighted by molar-refractivity contribution is -0.139. The molecule has 0 aliphatic carbocycles. The van der Waals surface area contributed by atoms with E-state index < -0.39 is 0 Å². The number of fused-ring (bicyclic) bond motifs is 1. The van der Waals surface area contributed by atoms with Gasteiger partial charge in [-0.1, -0.05) is 6.07 Å². The molecule has 130 valence electrons. The monoisotopic (exact) mass is 333 g/mol. The van der Waals surface area contributed by atoms with Crippen molar-refractivity contribution in [1.29, 1.82) is 0 Å². The maximum Gasteiger partial charge on any atom is 0.255 e. The molecule has 0 saturated carbocycles. The second kappa shape index (κ2) is 6.61. The second-order valence-electron chi connectivity index (χ2n) is 6.64. The average Bonchev–Trinajstić information content (AvgIpc) is 2.62. The summed E-state index contributed by atoms with van der Waals surface area (Å²) in [5.74, 6) is 1.09. The third-order valence-electron chi connectivity index (χ3n) is 5.04. The Morgan fingerprint density at radius 1 is 1.08 bits per heavy atom. The van der Waals surface area contributed by atoms with E-state index in [2.05, 4.69) is 5.32 Å². The van der Waals surface area contributed by atoms with Gasteiger partial charge in [0.2, 0.25) is 0 Å². The zero-order valence-electron chi connectivity index (χ0n) is 13.7. The van der Waals surface area contributed by atoms with E-state index in [1.807, 2.05) is 12.1 Å². The van der Waals surface area contributed by atoms with Crippen molar-refractivity contribution in [3.05, 3.63) is 23.8 Å². The third kappa shape index (κ3) is 3.08. The minimum absolute atomic E-state index is 0.105. The van der Waals surface area contributed by atoms with Gasteiger partial charge in [-0.3, -0.25) is 4.79 Å². The first-order valence-electron chi connectivity index (χ1n) is 8.67. The van der Waals surface area contributed by atoms with Gasteiger partial charge >= 0.3 is 0 Å². The molecule has 1 atom stereocenters. The van der Waals surface area contributed by atoms with Gasteiger partial charge in [-0.05, 0) is 37.8 Å². The molecule has 1 N–H and O–H groups in total. The Morgan fingerprint density at radius 3 is 2.79 bits per heavy atom. The van der Waals surface area contributed by atoms with Crippen molar-refractivity contribution in [2.45, 2.75) is 37.3 Å². The van der Waals surface area contributed by atoms with E-state index in [9.17, 15) is 4.79 Å². The normalized spacial score (nSPS) is 25.2. The zero-order chi connectivity index (χ0) is 16.4. The van der Waals surface area contributed by atoms with Gasteiger partial charge in [0.1, 0.15) is 13.2 Å². The third-order valence-corrected chi connectivity index (χ3v) is 5.04. The summed E-state index contributed by atoms with van der Waals surface area (Å²) in [6.45, 7) is 3.13. The van der Waals surface area contributed by atoms with E-state index in [4.69, 9.17) is 18.9 Å². The molecule has 1 aromatic rings. The molecule has 4 rings (SSSR count). The molecule has 0 aromatic heterocycles. The fourth-order valence-electron chi connectivity index (χ4n) is 3.76. The van der Waals surface area contributed by atoms with Crippen molar-refractivity contribution < 1.29 is 23.7 Å². The fourth-order valence-corrected chi connectivity index (χ4v) is 3.76. The molecule has 1 aromatic carbocycles. The zero-order valence-corrected chi connectivity index (χ0v) is 13.7. The number of hydrogen-bond acceptors (Lipinski definition) is 5. The molecule has 2 saturated heterocycles. The topological polar surface area (TPSA) is 66.0 Å². The van der Waals surface area contributed by atoms with E-state index in [0.29, 0.717) is 36.9 Å². The van der Waals surface area contributed by atoms with Crippen LogP contribution in [-0.2, 0) is 9.47 Å². The summed E-state index contributed by atoms with van der Waals surface area (Å²) in [5, 5.41) is 3.16. The Labute approximate surface area is 141 Å². The molecule has 24 heavy (non-hydrogen) atoms. The van der Waals surface area contributed by atoms with Crippen LogP contribution in [0.15, 0.2) is 18.2 Å². The van der Waals surface area contributed by atoms with E-state index in [-0.39, 0.29) is 17.6 Å². The smallest absolute Gasteiger partial charge is 0.255 e. The molecule has 1 spiro atoms. The van der Waals surface area contributed by atoms with Crippen molar-refractivity contribution in [2.24, 2.45) is 0 Å². The molecule has 2 fully saturated rings. The number of carbonyl (C=O) groups is 1. The van der Waals surface area contributed by atoms with Crippen LogP contribution in [0, 0.1) is 0 Å². The lowest BCUT2D eigenvalue weighted by Gasteiger charge is -2.43. The highest BCUT2D eigenvalue weighted by Crippen LogP contribution is 2.36. The highest BCUT2D eigenvalue weighted by Gasteiger charge is 2.39. The summed E-state index contributed by atoms with van der Waals surface area (Å²) in [4.78, 5) is 12.7. The lowest BCUT2D eigenvalue weighted by Crippen LogP contribution is -2.51. The first kappa shape index (κ1) is 15.7. The number of amides is 1. The first-order chi connectivity index (χ1) is 11.8. The summed E-state index contributed by atoms with van der Waals surface area (Å²) >= 11 is 0. The number of hydrogen-bond donors (Lipinski definition) is 1. The van der Waals surface area contributed by atoms with Crippen LogP contribution >= 0.6 is 0 Å². The predicted molar refractivity (Wildman–Crippen MR) is 86.7 cm³/mol. The maximum atomic E-state index is 12.7. The van der Waals surface area contributed by atoms with Gasteiger partial charge in [-0.2, -0.15) is 0 Å². The average molecular weight is 333 g/mol. The molecule has 0 bridgehead atoms. The van der Waals surface area contributed by atoms with Crippen molar-refractivity contribution in [1.82, 2.24) is 5.32 Å². The predicted octanol–water partition coefficient (Wildman–Crippen LogP) is 1.92. The van der Waals surface area contributed by atoms with Crippen LogP contribution in [0.25, 0.3) is 0 Å². The number of ether oxygens (including phenoxy) is 4. The van der Waals surface area contributed by atoms with Crippen molar-refractivity contribution in [2.75, 3.05) is 33.0 Å². The largest absolute Gasteiger partial charge is 0.486 e. The Kier molecular flexibility index (Phi) is 4.33. The summed E-state index contributed by atoms with van der Waals surface area (Å²) in [6, 6.07) is 5.56. The van der Waals surface area contributed by atoms with E-state index in [0.717, 1.165) is 38.9 Å². The minimum Gasteiger partial charge on any atom is -0.486 e. The van der Waals surface area contributed by atoms with E-state index in [1.165, 1.54) is 0 Å². The van der Waals surface area contributed by atoms with Crippen LogP contribution in [-0.4, -0.2) is 50.6 Å². The standard InChI is InChI=1S/C18H23NO5/c20-17(14-2-1-3-15-16(14)23-11-10-22-15)19-13-4-7-24-18(12-13)5-8-21-9-6-18/h1-3,13H,4-12H2,(H,19,20). The number of benzene rings is 1. The molecule has 1 unspecified atom stereocenters. The molecular formula is C18H23NO5. The van der Waals surface area contributed by atoms with Crippen LogP contribution in [0.1, 0.15) is 36.0 Å². The molecule has 3 heterocycles. The lowest BCUT2D eigenvalue weighted by atomic mass is 9.84. The van der Waals surface area contributed by atoms with Crippen molar-refractivity contribution in [3.8, 4) is 11.5 Å². The summed E-state index contributed by atoms with van der Waals surface area (Å²) < 4.78 is 22.7. The Balaban J connectivity index is 1.46. The summed E-state index contributed by atoms with van der Waals surface area (Å²) in [5.41, 5.74) is 0.407. The SMILES string of the molecule is O=C(NC1CCOC2(CCOCC2)C1)c1cccc2c1OCCO2. The number of para-hydroxylation sites is 1. The molecule has 3 aliphatic rings. The van der Waals surface area contributed by atoms with Gasteiger partial charge in [0.25, 0.3) is 5.91 Å². The maximum absolute atomic E-state index is 12.7. The molecule has 0 radical (unpaired) electrons. The van der Waals surface area contributed by atoms with Crippen LogP contribution in [0.5, 0.6) is 11.5 Å². The van der Waals surface area contributed by atoms with Crippen LogP contribution in [0.3, 0.4) is 0 Å². The quantitative estimate of drug-likeness (QED) is 0.896. The summed E-state index contributed by atoms with van der Waals surface area (Å²) in [7, 11) is 0.